The highest BCUT2D eigenvalue weighted by Crippen LogP contribution is 2.37. The molecule has 3 aromatic carbocycles. The minimum absolute atomic E-state index is 0.280. The van der Waals surface area contributed by atoms with Gasteiger partial charge < -0.3 is 0 Å². The molecule has 0 atom stereocenters. The molecule has 0 aliphatic heterocycles. The molecule has 2 nitrogen and oxygen atoms in total. The monoisotopic (exact) mass is 436 g/mol. The van der Waals surface area contributed by atoms with E-state index in [9.17, 15) is 0 Å². The van der Waals surface area contributed by atoms with Crippen LogP contribution in [0.25, 0.3) is 32.9 Å². The first kappa shape index (κ1) is 22.1. The van der Waals surface area contributed by atoms with E-state index in [1.165, 1.54) is 59.6 Å². The largest absolute Gasteiger partial charge is 0.232 e. The van der Waals surface area contributed by atoms with E-state index in [1.807, 2.05) is 0 Å². The van der Waals surface area contributed by atoms with Crippen LogP contribution in [-0.2, 0) is 6.42 Å². The van der Waals surface area contributed by atoms with Crippen molar-refractivity contribution < 1.29 is 0 Å². The third kappa shape index (κ3) is 4.40. The zero-order valence-corrected chi connectivity index (χ0v) is 20.6. The molecule has 0 radical (unpaired) electrons. The first-order valence-corrected chi connectivity index (χ1v) is 12.8. The fraction of sp³-hybridized carbons (Fsp3) is 0.419. The van der Waals surface area contributed by atoms with Crippen LogP contribution < -0.4 is 0 Å². The Balaban J connectivity index is 1.69. The van der Waals surface area contributed by atoms with Crippen LogP contribution in [0.1, 0.15) is 88.6 Å². The molecule has 0 unspecified atom stereocenters. The van der Waals surface area contributed by atoms with Crippen LogP contribution in [0.15, 0.2) is 54.6 Å². The van der Waals surface area contributed by atoms with Gasteiger partial charge in [0.05, 0.1) is 11.2 Å². The highest BCUT2D eigenvalue weighted by atomic mass is 14.9. The summed E-state index contributed by atoms with van der Waals surface area (Å²) >= 11 is 0. The van der Waals surface area contributed by atoms with Crippen molar-refractivity contribution in [1.82, 2.24) is 9.97 Å². The van der Waals surface area contributed by atoms with Crippen molar-refractivity contribution in [2.45, 2.75) is 78.1 Å². The van der Waals surface area contributed by atoms with Gasteiger partial charge in [-0.2, -0.15) is 0 Å². The number of aromatic nitrogens is 2. The quantitative estimate of drug-likeness (QED) is 0.292. The first-order chi connectivity index (χ1) is 16.0. The maximum atomic E-state index is 5.14. The van der Waals surface area contributed by atoms with E-state index in [1.54, 1.807) is 0 Å². The summed E-state index contributed by atoms with van der Waals surface area (Å²) in [5, 5.41) is 3.73. The topological polar surface area (TPSA) is 25.8 Å². The van der Waals surface area contributed by atoms with Crippen molar-refractivity contribution in [3.05, 3.63) is 71.5 Å². The molecule has 0 saturated heterocycles. The second-order valence-corrected chi connectivity index (χ2v) is 10.6. The van der Waals surface area contributed by atoms with Crippen molar-refractivity contribution in [2.75, 3.05) is 0 Å². The minimum Gasteiger partial charge on any atom is -0.232 e. The minimum atomic E-state index is 0.280. The third-order valence-corrected chi connectivity index (χ3v) is 7.22. The summed E-state index contributed by atoms with van der Waals surface area (Å²) in [7, 11) is 0. The summed E-state index contributed by atoms with van der Waals surface area (Å²) in [6.45, 7) is 8.96. The molecule has 0 spiro atoms. The van der Waals surface area contributed by atoms with Gasteiger partial charge in [-0.1, -0.05) is 95.5 Å². The van der Waals surface area contributed by atoms with Gasteiger partial charge in [-0.3, -0.25) is 0 Å². The average molecular weight is 437 g/mol. The average Bonchev–Trinajstić information content (AvgIpc) is 2.83. The van der Waals surface area contributed by atoms with Crippen LogP contribution in [0.3, 0.4) is 0 Å². The number of rotatable bonds is 5. The summed E-state index contributed by atoms with van der Waals surface area (Å²) in [5.41, 5.74) is 6.25. The molecular formula is C31H36N2. The van der Waals surface area contributed by atoms with Gasteiger partial charge in [-0.05, 0) is 53.7 Å². The Morgan fingerprint density at radius 1 is 0.818 bits per heavy atom. The molecule has 2 heteroatoms. The molecule has 33 heavy (non-hydrogen) atoms. The predicted octanol–water partition coefficient (Wildman–Crippen LogP) is 8.82. The molecule has 4 aromatic rings. The lowest BCUT2D eigenvalue weighted by Crippen LogP contribution is -2.05. The zero-order chi connectivity index (χ0) is 22.9. The van der Waals surface area contributed by atoms with Crippen LogP contribution in [0.4, 0.5) is 0 Å². The predicted molar refractivity (Wildman–Crippen MR) is 141 cm³/mol. The Bertz CT molecular complexity index is 1260. The smallest absolute Gasteiger partial charge is 0.132 e. The number of hydrogen-bond acceptors (Lipinski definition) is 2. The second-order valence-electron chi connectivity index (χ2n) is 10.6. The maximum Gasteiger partial charge on any atom is 0.132 e. The Hall–Kier alpha value is -2.74. The van der Waals surface area contributed by atoms with Gasteiger partial charge >= 0.3 is 0 Å². The van der Waals surface area contributed by atoms with Gasteiger partial charge in [0.1, 0.15) is 5.82 Å². The lowest BCUT2D eigenvalue weighted by molar-refractivity contribution is 0.443. The molecule has 0 amide bonds. The molecule has 170 valence electrons. The Morgan fingerprint density at radius 3 is 2.27 bits per heavy atom. The highest BCUT2D eigenvalue weighted by molar-refractivity contribution is 6.10. The molecular weight excluding hydrogens is 400 g/mol. The van der Waals surface area contributed by atoms with Gasteiger partial charge in [0.15, 0.2) is 0 Å². The number of benzene rings is 3. The zero-order valence-electron chi connectivity index (χ0n) is 20.6. The van der Waals surface area contributed by atoms with Gasteiger partial charge in [0.2, 0.25) is 0 Å². The van der Waals surface area contributed by atoms with Crippen molar-refractivity contribution in [2.24, 2.45) is 5.92 Å². The molecule has 1 heterocycles. The van der Waals surface area contributed by atoms with Crippen molar-refractivity contribution in [3.8, 4) is 11.3 Å². The summed E-state index contributed by atoms with van der Waals surface area (Å²) in [6, 6.07) is 20.4. The van der Waals surface area contributed by atoms with Gasteiger partial charge in [-0.15, -0.1) is 0 Å². The van der Waals surface area contributed by atoms with Crippen LogP contribution in [0, 0.1) is 5.92 Å². The van der Waals surface area contributed by atoms with Crippen LogP contribution >= 0.6 is 0 Å². The normalized spacial score (nSPS) is 15.2. The second kappa shape index (κ2) is 9.25. The molecule has 1 saturated carbocycles. The molecule has 1 aromatic heterocycles. The lowest BCUT2D eigenvalue weighted by Gasteiger charge is -2.22. The molecule has 5 rings (SSSR count). The fourth-order valence-electron chi connectivity index (χ4n) is 5.49. The van der Waals surface area contributed by atoms with E-state index in [4.69, 9.17) is 9.97 Å². The van der Waals surface area contributed by atoms with Crippen LogP contribution in [-0.4, -0.2) is 9.97 Å². The SMILES string of the molecule is CC(C)Cc1cccc2ccc3c(-c4ccc(C5CCCCC5)cc4)nc(C(C)C)nc3c12. The third-order valence-electron chi connectivity index (χ3n) is 7.22. The van der Waals surface area contributed by atoms with E-state index < -0.39 is 0 Å². The Kier molecular flexibility index (Phi) is 6.19. The van der Waals surface area contributed by atoms with Crippen LogP contribution in [0.2, 0.25) is 0 Å². The van der Waals surface area contributed by atoms with Crippen molar-refractivity contribution in [3.63, 3.8) is 0 Å². The van der Waals surface area contributed by atoms with E-state index in [0.717, 1.165) is 34.8 Å². The summed E-state index contributed by atoms with van der Waals surface area (Å²) in [6.07, 6.45) is 7.85. The highest BCUT2D eigenvalue weighted by Gasteiger charge is 2.18. The molecule has 0 bridgehead atoms. The van der Waals surface area contributed by atoms with Crippen LogP contribution in [0.5, 0.6) is 0 Å². The lowest BCUT2D eigenvalue weighted by atomic mass is 9.84. The van der Waals surface area contributed by atoms with E-state index in [0.29, 0.717) is 5.92 Å². The molecule has 0 N–H and O–H groups in total. The number of fused-ring (bicyclic) bond motifs is 3. The van der Waals surface area contributed by atoms with E-state index in [2.05, 4.69) is 82.3 Å². The Labute approximate surface area is 198 Å². The van der Waals surface area contributed by atoms with Crippen molar-refractivity contribution >= 4 is 21.7 Å². The van der Waals surface area contributed by atoms with E-state index in [-0.39, 0.29) is 5.92 Å². The van der Waals surface area contributed by atoms with Gasteiger partial charge in [0, 0.05) is 22.3 Å². The standard InChI is InChI=1S/C31H36N2/c1-20(2)19-26-12-8-11-24-17-18-27-29(32-31(21(3)4)33-30(27)28(24)26)25-15-13-23(14-16-25)22-9-6-5-7-10-22/h8,11-18,20-22H,5-7,9-10,19H2,1-4H3. The molecule has 1 aliphatic rings. The summed E-state index contributed by atoms with van der Waals surface area (Å²) < 4.78 is 0. The fourth-order valence-corrected chi connectivity index (χ4v) is 5.49. The van der Waals surface area contributed by atoms with Gasteiger partial charge in [0.25, 0.3) is 0 Å². The molecule has 1 aliphatic carbocycles. The van der Waals surface area contributed by atoms with Gasteiger partial charge in [-0.25, -0.2) is 9.97 Å². The summed E-state index contributed by atoms with van der Waals surface area (Å²) in [4.78, 5) is 10.2. The summed E-state index contributed by atoms with van der Waals surface area (Å²) in [5.74, 6) is 2.54. The Morgan fingerprint density at radius 2 is 1.58 bits per heavy atom. The maximum absolute atomic E-state index is 5.14. The van der Waals surface area contributed by atoms with Crippen molar-refractivity contribution in [1.29, 1.82) is 0 Å². The number of nitrogens with zero attached hydrogens (tertiary/aromatic N) is 2. The number of hydrogen-bond donors (Lipinski definition) is 0. The van der Waals surface area contributed by atoms with E-state index >= 15 is 0 Å². The first-order valence-electron chi connectivity index (χ1n) is 12.8. The molecule has 1 fully saturated rings.